The van der Waals surface area contributed by atoms with Crippen LogP contribution in [0.2, 0.25) is 0 Å². The number of carbonyl (C=O) groups excluding carboxylic acids is 2. The minimum absolute atomic E-state index is 0.00527. The van der Waals surface area contributed by atoms with Crippen molar-refractivity contribution in [2.45, 2.75) is 6.42 Å². The third kappa shape index (κ3) is 6.16. The molecule has 3 aromatic rings. The van der Waals surface area contributed by atoms with Gasteiger partial charge < -0.3 is 18.9 Å². The van der Waals surface area contributed by atoms with Crippen LogP contribution in [0.1, 0.15) is 5.56 Å². The average molecular weight is 450 g/mol. The van der Waals surface area contributed by atoms with Crippen LogP contribution >= 0.6 is 0 Å². The molecular weight excluding hydrogens is 424 g/mol. The van der Waals surface area contributed by atoms with Gasteiger partial charge in [-0.25, -0.2) is 0 Å². The number of carbonyl (C=O) groups is 2. The number of hydrazine groups is 1. The predicted molar refractivity (Wildman–Crippen MR) is 123 cm³/mol. The molecule has 8 heteroatoms. The van der Waals surface area contributed by atoms with E-state index >= 15 is 0 Å². The molecule has 3 aromatic carbocycles. The zero-order valence-corrected chi connectivity index (χ0v) is 18.7. The van der Waals surface area contributed by atoms with Crippen molar-refractivity contribution in [3.63, 3.8) is 0 Å². The Morgan fingerprint density at radius 1 is 0.727 bits per heavy atom. The largest absolute Gasteiger partial charge is 0.493 e. The van der Waals surface area contributed by atoms with Crippen LogP contribution < -0.4 is 29.8 Å². The molecule has 2 amide bonds. The van der Waals surface area contributed by atoms with E-state index in [0.29, 0.717) is 28.6 Å². The molecule has 0 saturated heterocycles. The third-order valence-electron chi connectivity index (χ3n) is 4.76. The number of hydrogen-bond acceptors (Lipinski definition) is 6. The molecule has 0 saturated carbocycles. The van der Waals surface area contributed by atoms with E-state index in [9.17, 15) is 9.59 Å². The summed E-state index contributed by atoms with van der Waals surface area (Å²) in [6.45, 7) is -0.256. The Balaban J connectivity index is 1.55. The van der Waals surface area contributed by atoms with Crippen LogP contribution in [0.4, 0.5) is 0 Å². The molecule has 0 spiro atoms. The zero-order chi connectivity index (χ0) is 23.6. The first kappa shape index (κ1) is 23.5. The molecule has 0 aliphatic heterocycles. The molecule has 3 rings (SSSR count). The van der Waals surface area contributed by atoms with Gasteiger partial charge in [0.05, 0.1) is 27.8 Å². The molecule has 0 fully saturated rings. The Hall–Kier alpha value is -4.20. The summed E-state index contributed by atoms with van der Waals surface area (Å²) in [4.78, 5) is 24.5. The number of ether oxygens (including phenoxy) is 4. The molecule has 0 aliphatic rings. The Kier molecular flexibility index (Phi) is 8.13. The number of benzene rings is 3. The van der Waals surface area contributed by atoms with E-state index in [2.05, 4.69) is 10.9 Å². The summed E-state index contributed by atoms with van der Waals surface area (Å²) >= 11 is 0. The standard InChI is InChI=1S/C25H26N2O6/c1-30-21-13-17(14-22(31-2)25(21)32-3)15-23(28)26-27-24(29)16-33-20-12-8-7-11-19(20)18-9-5-4-6-10-18/h4-14H,15-16H2,1-3H3,(H,26,28)(H,27,29). The molecule has 0 aliphatic carbocycles. The van der Waals surface area contributed by atoms with E-state index in [0.717, 1.165) is 11.1 Å². The number of para-hydroxylation sites is 1. The van der Waals surface area contributed by atoms with Crippen LogP contribution in [0.3, 0.4) is 0 Å². The number of methoxy groups -OCH3 is 3. The Morgan fingerprint density at radius 2 is 1.33 bits per heavy atom. The molecule has 0 heterocycles. The highest BCUT2D eigenvalue weighted by atomic mass is 16.5. The van der Waals surface area contributed by atoms with Crippen molar-refractivity contribution >= 4 is 11.8 Å². The smallest absolute Gasteiger partial charge is 0.276 e. The van der Waals surface area contributed by atoms with Crippen LogP contribution in [0.5, 0.6) is 23.0 Å². The van der Waals surface area contributed by atoms with Crippen molar-refractivity contribution in [3.05, 3.63) is 72.3 Å². The third-order valence-corrected chi connectivity index (χ3v) is 4.76. The van der Waals surface area contributed by atoms with Crippen molar-refractivity contribution in [3.8, 4) is 34.1 Å². The lowest BCUT2D eigenvalue weighted by atomic mass is 10.1. The zero-order valence-electron chi connectivity index (χ0n) is 18.7. The molecular formula is C25H26N2O6. The molecule has 0 unspecified atom stereocenters. The second-order valence-electron chi connectivity index (χ2n) is 6.96. The number of rotatable bonds is 9. The van der Waals surface area contributed by atoms with Gasteiger partial charge in [-0.3, -0.25) is 20.4 Å². The van der Waals surface area contributed by atoms with Crippen molar-refractivity contribution < 1.29 is 28.5 Å². The second kappa shape index (κ2) is 11.4. The summed E-state index contributed by atoms with van der Waals surface area (Å²) in [6.07, 6.45) is -0.00527. The topological polar surface area (TPSA) is 95.1 Å². The maximum absolute atomic E-state index is 12.3. The fraction of sp³-hybridized carbons (Fsp3) is 0.200. The molecule has 0 aromatic heterocycles. The van der Waals surface area contributed by atoms with Crippen LogP contribution in [-0.4, -0.2) is 39.8 Å². The minimum atomic E-state index is -0.490. The number of nitrogens with one attached hydrogen (secondary N) is 2. The summed E-state index contributed by atoms with van der Waals surface area (Å²) < 4.78 is 21.5. The predicted octanol–water partition coefficient (Wildman–Crippen LogP) is 3.15. The van der Waals surface area contributed by atoms with E-state index < -0.39 is 11.8 Å². The van der Waals surface area contributed by atoms with Crippen LogP contribution in [0, 0.1) is 0 Å². The van der Waals surface area contributed by atoms with Crippen molar-refractivity contribution in [2.24, 2.45) is 0 Å². The molecule has 33 heavy (non-hydrogen) atoms. The maximum Gasteiger partial charge on any atom is 0.276 e. The van der Waals surface area contributed by atoms with E-state index in [-0.39, 0.29) is 13.0 Å². The highest BCUT2D eigenvalue weighted by Crippen LogP contribution is 2.38. The van der Waals surface area contributed by atoms with Crippen molar-refractivity contribution in [1.82, 2.24) is 10.9 Å². The summed E-state index contributed by atoms with van der Waals surface area (Å²) in [5, 5.41) is 0. The number of hydrogen-bond donors (Lipinski definition) is 2. The summed E-state index contributed by atoms with van der Waals surface area (Å²) in [7, 11) is 4.50. The van der Waals surface area contributed by atoms with Gasteiger partial charge in [0.25, 0.3) is 5.91 Å². The lowest BCUT2D eigenvalue weighted by Gasteiger charge is -2.14. The van der Waals surface area contributed by atoms with Crippen molar-refractivity contribution in [2.75, 3.05) is 27.9 Å². The summed E-state index contributed by atoms with van der Waals surface area (Å²) in [5.41, 5.74) is 7.23. The average Bonchev–Trinajstić information content (AvgIpc) is 2.86. The van der Waals surface area contributed by atoms with E-state index in [1.54, 1.807) is 18.2 Å². The van der Waals surface area contributed by atoms with Crippen LogP contribution in [0.25, 0.3) is 11.1 Å². The Bertz CT molecular complexity index is 1080. The lowest BCUT2D eigenvalue weighted by Crippen LogP contribution is -2.44. The van der Waals surface area contributed by atoms with Crippen LogP contribution in [0.15, 0.2) is 66.7 Å². The van der Waals surface area contributed by atoms with Gasteiger partial charge in [-0.15, -0.1) is 0 Å². The van der Waals surface area contributed by atoms with Crippen molar-refractivity contribution in [1.29, 1.82) is 0 Å². The van der Waals surface area contributed by atoms with Gasteiger partial charge in [0.15, 0.2) is 18.1 Å². The fourth-order valence-corrected chi connectivity index (χ4v) is 3.23. The van der Waals surface area contributed by atoms with Gasteiger partial charge in [0.1, 0.15) is 5.75 Å². The molecule has 0 bridgehead atoms. The van der Waals surface area contributed by atoms with E-state index in [1.807, 2.05) is 48.5 Å². The van der Waals surface area contributed by atoms with Crippen LogP contribution in [-0.2, 0) is 16.0 Å². The maximum atomic E-state index is 12.3. The van der Waals surface area contributed by atoms with E-state index in [4.69, 9.17) is 18.9 Å². The van der Waals surface area contributed by atoms with Gasteiger partial charge in [-0.05, 0) is 29.3 Å². The Morgan fingerprint density at radius 3 is 1.97 bits per heavy atom. The first-order chi connectivity index (χ1) is 16.0. The molecule has 0 atom stereocenters. The van der Waals surface area contributed by atoms with Gasteiger partial charge in [0.2, 0.25) is 11.7 Å². The molecule has 2 N–H and O–H groups in total. The lowest BCUT2D eigenvalue weighted by molar-refractivity contribution is -0.129. The quantitative estimate of drug-likeness (QED) is 0.487. The highest BCUT2D eigenvalue weighted by Gasteiger charge is 2.15. The van der Waals surface area contributed by atoms with E-state index in [1.165, 1.54) is 21.3 Å². The summed E-state index contributed by atoms with van der Waals surface area (Å²) in [5.74, 6) is 0.981. The van der Waals surface area contributed by atoms with Gasteiger partial charge in [0, 0.05) is 5.56 Å². The first-order valence-corrected chi connectivity index (χ1v) is 10.2. The van der Waals surface area contributed by atoms with Gasteiger partial charge >= 0.3 is 0 Å². The van der Waals surface area contributed by atoms with Gasteiger partial charge in [-0.2, -0.15) is 0 Å². The second-order valence-corrected chi connectivity index (χ2v) is 6.96. The SMILES string of the molecule is COc1cc(CC(=O)NNC(=O)COc2ccccc2-c2ccccc2)cc(OC)c1OC. The molecule has 0 radical (unpaired) electrons. The number of amides is 2. The normalized spacial score (nSPS) is 10.2. The first-order valence-electron chi connectivity index (χ1n) is 10.2. The van der Waals surface area contributed by atoms with Gasteiger partial charge in [-0.1, -0.05) is 48.5 Å². The monoisotopic (exact) mass is 450 g/mol. The molecule has 172 valence electrons. The highest BCUT2D eigenvalue weighted by molar-refractivity contribution is 5.84. The Labute approximate surface area is 192 Å². The fourth-order valence-electron chi connectivity index (χ4n) is 3.23. The molecule has 8 nitrogen and oxygen atoms in total. The summed E-state index contributed by atoms with van der Waals surface area (Å²) in [6, 6.07) is 20.5. The minimum Gasteiger partial charge on any atom is -0.493 e.